The summed E-state index contributed by atoms with van der Waals surface area (Å²) in [5, 5.41) is 5.84. The molecule has 0 radical (unpaired) electrons. The number of para-hydroxylation sites is 1. The molecule has 0 unspecified atom stereocenters. The normalized spacial score (nSPS) is 15.5. The molecule has 0 bridgehead atoms. The van der Waals surface area contributed by atoms with E-state index in [1.54, 1.807) is 19.2 Å². The number of ether oxygens (including phenoxy) is 1. The van der Waals surface area contributed by atoms with E-state index < -0.39 is 6.36 Å². The average molecular weight is 528 g/mol. The number of hydrogen-bond acceptors (Lipinski definition) is 3. The quantitative estimate of drug-likeness (QED) is 0.337. The summed E-state index contributed by atoms with van der Waals surface area (Å²) < 4.78 is 41.8. The Kier molecular flexibility index (Phi) is 10.5. The summed E-state index contributed by atoms with van der Waals surface area (Å²) in [5.41, 5.74) is 0.365. The van der Waals surface area contributed by atoms with Crippen LogP contribution in [0, 0.1) is 5.92 Å². The van der Waals surface area contributed by atoms with Crippen molar-refractivity contribution in [3.05, 3.63) is 29.8 Å². The number of amides is 1. The molecule has 1 saturated heterocycles. The second kappa shape index (κ2) is 12.1. The Balaban J connectivity index is 0.00000420. The summed E-state index contributed by atoms with van der Waals surface area (Å²) >= 11 is 0. The fourth-order valence-corrected chi connectivity index (χ4v) is 3.16. The molecule has 2 N–H and O–H groups in total. The van der Waals surface area contributed by atoms with Gasteiger partial charge in [-0.25, -0.2) is 4.99 Å². The standard InChI is InChI=1S/C19H27F3N4O2.HI/c1-3-24-18(26-10-8-14(9-11-26)12-17(27)23-2)25-13-15-6-4-5-7-16(15)28-19(20,21)22;/h4-7,14H,3,8-13H2,1-2H3,(H,23,27)(H,24,25);1H. The number of nitrogens with zero attached hydrogens (tertiary/aromatic N) is 2. The van der Waals surface area contributed by atoms with Crippen LogP contribution in [-0.2, 0) is 11.3 Å². The monoisotopic (exact) mass is 528 g/mol. The van der Waals surface area contributed by atoms with Crippen molar-refractivity contribution in [3.8, 4) is 5.75 Å². The topological polar surface area (TPSA) is 66.0 Å². The fraction of sp³-hybridized carbons (Fsp3) is 0.579. The number of piperidine rings is 1. The number of hydrogen-bond donors (Lipinski definition) is 2. The Morgan fingerprint density at radius 1 is 1.28 bits per heavy atom. The summed E-state index contributed by atoms with van der Waals surface area (Å²) in [6.07, 6.45) is -2.49. The van der Waals surface area contributed by atoms with Gasteiger partial charge >= 0.3 is 6.36 Å². The molecular weight excluding hydrogens is 500 g/mol. The fourth-order valence-electron chi connectivity index (χ4n) is 3.16. The second-order valence-corrected chi connectivity index (χ2v) is 6.63. The van der Waals surface area contributed by atoms with E-state index in [-0.39, 0.29) is 42.2 Å². The Morgan fingerprint density at radius 3 is 2.52 bits per heavy atom. The van der Waals surface area contributed by atoms with E-state index in [2.05, 4.69) is 25.3 Å². The van der Waals surface area contributed by atoms with Crippen molar-refractivity contribution in [2.45, 2.75) is 39.1 Å². The minimum absolute atomic E-state index is 0. The van der Waals surface area contributed by atoms with E-state index in [1.807, 2.05) is 6.92 Å². The van der Waals surface area contributed by atoms with Gasteiger partial charge in [-0.05, 0) is 31.7 Å². The summed E-state index contributed by atoms with van der Waals surface area (Å²) in [7, 11) is 1.63. The molecule has 0 aliphatic carbocycles. The number of alkyl halides is 3. The molecule has 1 aliphatic heterocycles. The van der Waals surface area contributed by atoms with E-state index in [1.165, 1.54) is 12.1 Å². The van der Waals surface area contributed by atoms with Crippen LogP contribution in [-0.4, -0.2) is 49.8 Å². The molecule has 0 atom stereocenters. The molecule has 164 valence electrons. The first-order valence-corrected chi connectivity index (χ1v) is 9.40. The molecule has 0 aromatic heterocycles. The SMILES string of the molecule is CCNC(=NCc1ccccc1OC(F)(F)F)N1CCC(CC(=O)NC)CC1.I. The van der Waals surface area contributed by atoms with E-state index in [0.29, 0.717) is 30.4 Å². The van der Waals surface area contributed by atoms with Gasteiger partial charge in [0.1, 0.15) is 5.75 Å². The maximum absolute atomic E-state index is 12.6. The highest BCUT2D eigenvalue weighted by atomic mass is 127. The van der Waals surface area contributed by atoms with Gasteiger partial charge in [0.15, 0.2) is 5.96 Å². The van der Waals surface area contributed by atoms with Crippen LogP contribution in [0.1, 0.15) is 31.7 Å². The van der Waals surface area contributed by atoms with E-state index in [0.717, 1.165) is 25.9 Å². The smallest absolute Gasteiger partial charge is 0.405 e. The van der Waals surface area contributed by atoms with Crippen LogP contribution in [0.15, 0.2) is 29.3 Å². The molecule has 0 saturated carbocycles. The van der Waals surface area contributed by atoms with Crippen molar-refractivity contribution in [3.63, 3.8) is 0 Å². The molecule has 2 rings (SSSR count). The van der Waals surface area contributed by atoms with Crippen LogP contribution in [0.5, 0.6) is 5.75 Å². The lowest BCUT2D eigenvalue weighted by Gasteiger charge is -2.34. The Morgan fingerprint density at radius 2 is 1.93 bits per heavy atom. The van der Waals surface area contributed by atoms with Crippen LogP contribution in [0.25, 0.3) is 0 Å². The predicted molar refractivity (Wildman–Crippen MR) is 116 cm³/mol. The highest BCUT2D eigenvalue weighted by Gasteiger charge is 2.32. The lowest BCUT2D eigenvalue weighted by molar-refractivity contribution is -0.274. The molecule has 0 spiro atoms. The van der Waals surface area contributed by atoms with Crippen molar-refractivity contribution in [1.29, 1.82) is 0 Å². The maximum atomic E-state index is 12.6. The number of guanidine groups is 1. The van der Waals surface area contributed by atoms with Gasteiger partial charge < -0.3 is 20.3 Å². The number of aliphatic imine (C=N–C) groups is 1. The van der Waals surface area contributed by atoms with Crippen LogP contribution in [0.2, 0.25) is 0 Å². The second-order valence-electron chi connectivity index (χ2n) is 6.63. The first-order chi connectivity index (χ1) is 13.3. The summed E-state index contributed by atoms with van der Waals surface area (Å²) in [4.78, 5) is 18.1. The third kappa shape index (κ3) is 8.67. The van der Waals surface area contributed by atoms with Gasteiger partial charge in [-0.3, -0.25) is 4.79 Å². The first kappa shape index (κ1) is 25.3. The van der Waals surface area contributed by atoms with Crippen LogP contribution in [0.4, 0.5) is 13.2 Å². The van der Waals surface area contributed by atoms with Crippen molar-refractivity contribution in [2.75, 3.05) is 26.7 Å². The molecule has 1 aromatic rings. The van der Waals surface area contributed by atoms with E-state index in [9.17, 15) is 18.0 Å². The van der Waals surface area contributed by atoms with Gasteiger partial charge in [-0.2, -0.15) is 0 Å². The average Bonchev–Trinajstić information content (AvgIpc) is 2.65. The minimum atomic E-state index is -4.74. The summed E-state index contributed by atoms with van der Waals surface area (Å²) in [5.74, 6) is 0.793. The Bertz CT molecular complexity index is 678. The number of benzene rings is 1. The molecule has 29 heavy (non-hydrogen) atoms. The van der Waals surface area contributed by atoms with Gasteiger partial charge in [0, 0.05) is 38.7 Å². The van der Waals surface area contributed by atoms with Crippen molar-refractivity contribution < 1.29 is 22.7 Å². The van der Waals surface area contributed by atoms with E-state index >= 15 is 0 Å². The first-order valence-electron chi connectivity index (χ1n) is 9.40. The van der Waals surface area contributed by atoms with Gasteiger partial charge in [0.25, 0.3) is 0 Å². The highest BCUT2D eigenvalue weighted by Crippen LogP contribution is 2.27. The number of rotatable bonds is 6. The van der Waals surface area contributed by atoms with Crippen LogP contribution >= 0.6 is 24.0 Å². The van der Waals surface area contributed by atoms with Crippen LogP contribution in [0.3, 0.4) is 0 Å². The number of carbonyl (C=O) groups is 1. The van der Waals surface area contributed by atoms with Crippen LogP contribution < -0.4 is 15.4 Å². The third-order valence-corrected chi connectivity index (χ3v) is 4.60. The Hall–Kier alpha value is -1.72. The van der Waals surface area contributed by atoms with Gasteiger partial charge in [0.2, 0.25) is 5.91 Å². The zero-order valence-electron chi connectivity index (χ0n) is 16.6. The highest BCUT2D eigenvalue weighted by molar-refractivity contribution is 14.0. The zero-order valence-corrected chi connectivity index (χ0v) is 18.9. The maximum Gasteiger partial charge on any atom is 0.573 e. The number of nitrogens with one attached hydrogen (secondary N) is 2. The van der Waals surface area contributed by atoms with Gasteiger partial charge in [-0.15, -0.1) is 37.1 Å². The summed E-state index contributed by atoms with van der Waals surface area (Å²) in [6, 6.07) is 6.02. The van der Waals surface area contributed by atoms with Crippen molar-refractivity contribution >= 4 is 35.8 Å². The number of halogens is 4. The van der Waals surface area contributed by atoms with Crippen molar-refractivity contribution in [1.82, 2.24) is 15.5 Å². The molecule has 1 fully saturated rings. The predicted octanol–water partition coefficient (Wildman–Crippen LogP) is 3.52. The zero-order chi connectivity index (χ0) is 20.6. The third-order valence-electron chi connectivity index (χ3n) is 4.60. The molecule has 6 nitrogen and oxygen atoms in total. The Labute approximate surface area is 186 Å². The molecule has 1 heterocycles. The lowest BCUT2D eigenvalue weighted by Crippen LogP contribution is -2.46. The van der Waals surface area contributed by atoms with Gasteiger partial charge in [-0.1, -0.05) is 18.2 Å². The lowest BCUT2D eigenvalue weighted by atomic mass is 9.93. The number of likely N-dealkylation sites (tertiary alicyclic amines) is 1. The molecular formula is C19H28F3IN4O2. The van der Waals surface area contributed by atoms with Crippen molar-refractivity contribution in [2.24, 2.45) is 10.9 Å². The minimum Gasteiger partial charge on any atom is -0.405 e. The summed E-state index contributed by atoms with van der Waals surface area (Å²) in [6.45, 7) is 4.15. The van der Waals surface area contributed by atoms with Gasteiger partial charge in [0.05, 0.1) is 6.54 Å². The number of carbonyl (C=O) groups excluding carboxylic acids is 1. The molecule has 1 aliphatic rings. The molecule has 1 aromatic carbocycles. The largest absolute Gasteiger partial charge is 0.573 e. The molecule has 10 heteroatoms. The molecule has 1 amide bonds. The van der Waals surface area contributed by atoms with E-state index in [4.69, 9.17) is 0 Å².